The van der Waals surface area contributed by atoms with Gasteiger partial charge >= 0.3 is 5.97 Å². The Balaban J connectivity index is 1.70. The van der Waals surface area contributed by atoms with E-state index < -0.39 is 11.9 Å². The van der Waals surface area contributed by atoms with Crippen molar-refractivity contribution in [2.45, 2.75) is 18.9 Å². The van der Waals surface area contributed by atoms with E-state index in [0.717, 1.165) is 12.8 Å². The Kier molecular flexibility index (Phi) is 7.00. The zero-order valence-electron chi connectivity index (χ0n) is 15.8. The molecule has 7 nitrogen and oxygen atoms in total. The molecule has 1 amide bonds. The highest BCUT2D eigenvalue weighted by Crippen LogP contribution is 2.30. The van der Waals surface area contributed by atoms with Crippen LogP contribution in [0.3, 0.4) is 0 Å². The van der Waals surface area contributed by atoms with Gasteiger partial charge in [0.15, 0.2) is 11.5 Å². The molecule has 1 N–H and O–H groups in total. The quantitative estimate of drug-likeness (QED) is 0.325. The van der Waals surface area contributed by atoms with Gasteiger partial charge in [-0.05, 0) is 48.1 Å². The molecule has 1 aliphatic rings. The van der Waals surface area contributed by atoms with E-state index in [-0.39, 0.29) is 17.4 Å². The number of carbonyl (C=O) groups is 2. The zero-order chi connectivity index (χ0) is 20.6. The highest BCUT2D eigenvalue weighted by atomic mass is 32.1. The molecule has 3 rings (SSSR count). The maximum absolute atomic E-state index is 12.3. The second kappa shape index (κ2) is 9.87. The van der Waals surface area contributed by atoms with Crippen molar-refractivity contribution < 1.29 is 23.8 Å². The fourth-order valence-electron chi connectivity index (χ4n) is 2.83. The summed E-state index contributed by atoms with van der Waals surface area (Å²) in [5.41, 5.74) is 0.537. The molecule has 0 unspecified atom stereocenters. The minimum Gasteiger partial charge on any atom is -0.493 e. The summed E-state index contributed by atoms with van der Waals surface area (Å²) < 4.78 is 16.1. The lowest BCUT2D eigenvalue weighted by atomic mass is 10.1. The minimum absolute atomic E-state index is 0.00342. The van der Waals surface area contributed by atoms with E-state index >= 15 is 0 Å². The van der Waals surface area contributed by atoms with Crippen molar-refractivity contribution in [1.82, 2.24) is 5.32 Å². The number of nitrogens with zero attached hydrogens (tertiary/aromatic N) is 1. The molecule has 2 aromatic rings. The Morgan fingerprint density at radius 2 is 2.24 bits per heavy atom. The van der Waals surface area contributed by atoms with Gasteiger partial charge < -0.3 is 19.5 Å². The molecule has 1 atom stereocenters. The summed E-state index contributed by atoms with van der Waals surface area (Å²) in [6.45, 7) is 1.07. The molecule has 150 valence electrons. The molecular weight excluding hydrogens is 392 g/mol. The molecule has 8 heteroatoms. The van der Waals surface area contributed by atoms with Crippen molar-refractivity contribution in [3.8, 4) is 17.6 Å². The van der Waals surface area contributed by atoms with Crippen LogP contribution < -0.4 is 14.8 Å². The number of ether oxygens (including phenoxy) is 3. The van der Waals surface area contributed by atoms with Crippen LogP contribution in [-0.4, -0.2) is 38.2 Å². The number of hydrogen-bond acceptors (Lipinski definition) is 7. The highest BCUT2D eigenvalue weighted by molar-refractivity contribution is 7.12. The lowest BCUT2D eigenvalue weighted by molar-refractivity contribution is -0.117. The summed E-state index contributed by atoms with van der Waals surface area (Å²) in [4.78, 5) is 24.9. The third-order valence-corrected chi connectivity index (χ3v) is 5.15. The van der Waals surface area contributed by atoms with Crippen LogP contribution in [0.2, 0.25) is 0 Å². The van der Waals surface area contributed by atoms with E-state index in [1.54, 1.807) is 35.7 Å². The molecule has 1 saturated heterocycles. The van der Waals surface area contributed by atoms with Gasteiger partial charge in [-0.15, -0.1) is 11.3 Å². The normalized spacial score (nSPS) is 16.1. The number of nitriles is 1. The molecule has 0 saturated carbocycles. The molecule has 1 aromatic carbocycles. The van der Waals surface area contributed by atoms with Crippen LogP contribution in [0.4, 0.5) is 0 Å². The number of esters is 1. The third-order valence-electron chi connectivity index (χ3n) is 4.30. The zero-order valence-corrected chi connectivity index (χ0v) is 16.7. The summed E-state index contributed by atoms with van der Waals surface area (Å²) in [6.07, 6.45) is 3.33. The molecule has 1 fully saturated rings. The predicted molar refractivity (Wildman–Crippen MR) is 108 cm³/mol. The van der Waals surface area contributed by atoms with E-state index in [2.05, 4.69) is 5.32 Å². The van der Waals surface area contributed by atoms with E-state index in [1.165, 1.54) is 24.5 Å². The average Bonchev–Trinajstić information content (AvgIpc) is 3.45. The first-order chi connectivity index (χ1) is 14.1. The van der Waals surface area contributed by atoms with Gasteiger partial charge in [0, 0.05) is 13.2 Å². The second-order valence-electron chi connectivity index (χ2n) is 6.29. The molecule has 29 heavy (non-hydrogen) atoms. The lowest BCUT2D eigenvalue weighted by Gasteiger charge is -2.11. The Bertz CT molecular complexity index is 940. The van der Waals surface area contributed by atoms with Crippen molar-refractivity contribution >= 4 is 29.3 Å². The molecule has 0 bridgehead atoms. The number of methoxy groups -OCH3 is 1. The molecule has 0 radical (unpaired) electrons. The number of thiophene rings is 1. The van der Waals surface area contributed by atoms with Crippen molar-refractivity contribution in [2.75, 3.05) is 20.3 Å². The Morgan fingerprint density at radius 1 is 1.38 bits per heavy atom. The van der Waals surface area contributed by atoms with E-state index in [1.807, 2.05) is 6.07 Å². The Hall–Kier alpha value is -3.15. The largest absolute Gasteiger partial charge is 0.493 e. The van der Waals surface area contributed by atoms with Gasteiger partial charge in [-0.25, -0.2) is 4.79 Å². The molecular formula is C21H20N2O5S. The number of benzene rings is 1. The first-order valence-corrected chi connectivity index (χ1v) is 9.94. The minimum atomic E-state index is -0.479. The van der Waals surface area contributed by atoms with Gasteiger partial charge in [-0.3, -0.25) is 4.79 Å². The number of hydrogen-bond donors (Lipinski definition) is 1. The Morgan fingerprint density at radius 3 is 2.90 bits per heavy atom. The number of carbonyl (C=O) groups excluding carboxylic acids is 2. The second-order valence-corrected chi connectivity index (χ2v) is 7.24. The first-order valence-electron chi connectivity index (χ1n) is 9.06. The number of nitrogens with one attached hydrogen (secondary N) is 1. The SMILES string of the molecule is COc1cc(/C=C(\C#N)C(=O)NC[C@H]2CCCO2)ccc1OC(=O)c1cccs1. The highest BCUT2D eigenvalue weighted by Gasteiger charge is 2.18. The van der Waals surface area contributed by atoms with Crippen LogP contribution in [0.25, 0.3) is 6.08 Å². The van der Waals surface area contributed by atoms with Crippen LogP contribution >= 0.6 is 11.3 Å². The standard InChI is InChI=1S/C21H20N2O5S/c1-26-18-11-14(6-7-17(18)28-21(25)19-5-3-9-29-19)10-15(12-22)20(24)23-13-16-4-2-8-27-16/h3,5-7,9-11,16H,2,4,8,13H2,1H3,(H,23,24)/b15-10+/t16-/m1/s1. The van der Waals surface area contributed by atoms with Crippen molar-refractivity contribution in [1.29, 1.82) is 5.26 Å². The summed E-state index contributed by atoms with van der Waals surface area (Å²) in [7, 11) is 1.45. The molecule has 0 aliphatic carbocycles. The fraction of sp³-hybridized carbons (Fsp3) is 0.286. The van der Waals surface area contributed by atoms with Crippen molar-refractivity contribution in [3.05, 3.63) is 51.7 Å². The van der Waals surface area contributed by atoms with E-state index in [4.69, 9.17) is 14.2 Å². The number of rotatable bonds is 7. The van der Waals surface area contributed by atoms with Gasteiger partial charge in [-0.2, -0.15) is 5.26 Å². The third kappa shape index (κ3) is 5.44. The lowest BCUT2D eigenvalue weighted by Crippen LogP contribution is -2.32. The summed E-state index contributed by atoms with van der Waals surface area (Å²) >= 11 is 1.28. The number of amides is 1. The predicted octanol–water partition coefficient (Wildman–Crippen LogP) is 3.18. The van der Waals surface area contributed by atoms with E-state index in [9.17, 15) is 14.9 Å². The summed E-state index contributed by atoms with van der Waals surface area (Å²) in [6, 6.07) is 10.2. The fourth-order valence-corrected chi connectivity index (χ4v) is 3.42. The van der Waals surface area contributed by atoms with Gasteiger partial charge in [0.05, 0.1) is 13.2 Å². The van der Waals surface area contributed by atoms with Crippen molar-refractivity contribution in [2.24, 2.45) is 0 Å². The van der Waals surface area contributed by atoms with Crippen LogP contribution in [0.15, 0.2) is 41.3 Å². The van der Waals surface area contributed by atoms with Crippen molar-refractivity contribution in [3.63, 3.8) is 0 Å². The van der Waals surface area contributed by atoms with Gasteiger partial charge in [0.2, 0.25) is 0 Å². The van der Waals surface area contributed by atoms with E-state index in [0.29, 0.717) is 29.3 Å². The monoisotopic (exact) mass is 412 g/mol. The first kappa shape index (κ1) is 20.6. The molecule has 1 aliphatic heterocycles. The smallest absolute Gasteiger partial charge is 0.353 e. The Labute approximate surface area is 172 Å². The molecule has 0 spiro atoms. The van der Waals surface area contributed by atoms with Gasteiger partial charge in [-0.1, -0.05) is 12.1 Å². The molecule has 2 heterocycles. The maximum atomic E-state index is 12.3. The van der Waals surface area contributed by atoms with Crippen LogP contribution in [0.1, 0.15) is 28.1 Å². The van der Waals surface area contributed by atoms with Crippen LogP contribution in [0.5, 0.6) is 11.5 Å². The van der Waals surface area contributed by atoms with Crippen LogP contribution in [-0.2, 0) is 9.53 Å². The topological polar surface area (TPSA) is 97.7 Å². The van der Waals surface area contributed by atoms with Crippen LogP contribution in [0, 0.1) is 11.3 Å². The summed E-state index contributed by atoms with van der Waals surface area (Å²) in [5.74, 6) is -0.368. The summed E-state index contributed by atoms with van der Waals surface area (Å²) in [5, 5.41) is 13.9. The van der Waals surface area contributed by atoms with Gasteiger partial charge in [0.1, 0.15) is 16.5 Å². The molecule has 1 aromatic heterocycles. The maximum Gasteiger partial charge on any atom is 0.353 e. The average molecular weight is 412 g/mol. The van der Waals surface area contributed by atoms with Gasteiger partial charge in [0.25, 0.3) is 5.91 Å².